The van der Waals surface area contributed by atoms with Crippen LogP contribution in [0.15, 0.2) is 188 Å². The van der Waals surface area contributed by atoms with E-state index in [1.807, 2.05) is 0 Å². The summed E-state index contributed by atoms with van der Waals surface area (Å²) in [6, 6.07) is 71.6. The molecule has 0 N–H and O–H groups in total. The highest BCUT2D eigenvalue weighted by Crippen LogP contribution is 2.60. The molecule has 0 fully saturated rings. The predicted molar refractivity (Wildman–Crippen MR) is 261 cm³/mol. The molecule has 8 aromatic rings. The molecule has 0 heterocycles. The van der Waals surface area contributed by atoms with Crippen molar-refractivity contribution in [1.82, 2.24) is 0 Å². The second kappa shape index (κ2) is 14.9. The second-order valence-electron chi connectivity index (χ2n) is 19.3. The van der Waals surface area contributed by atoms with Crippen LogP contribution in [0.3, 0.4) is 0 Å². The maximum absolute atomic E-state index is 2.64. The molecule has 3 aliphatic rings. The molecule has 0 atom stereocenters. The number of anilines is 3. The fraction of sp³-hybridized carbons (Fsp3) is 0.213. The Morgan fingerprint density at radius 2 is 0.919 bits per heavy atom. The first-order chi connectivity index (χ1) is 30.3. The summed E-state index contributed by atoms with van der Waals surface area (Å²) in [5, 5.41) is 0. The minimum absolute atomic E-state index is 0.00787. The quantitative estimate of drug-likeness (QED) is 0.155. The average molecular weight is 802 g/mol. The van der Waals surface area contributed by atoms with Gasteiger partial charge in [-0.3, -0.25) is 0 Å². The molecule has 0 spiro atoms. The zero-order chi connectivity index (χ0) is 42.1. The molecule has 0 bridgehead atoms. The van der Waals surface area contributed by atoms with Crippen LogP contribution >= 0.6 is 0 Å². The van der Waals surface area contributed by atoms with Crippen molar-refractivity contribution in [2.75, 3.05) is 4.90 Å². The summed E-state index contributed by atoms with van der Waals surface area (Å²) in [5.41, 5.74) is 22.0. The number of rotatable bonds is 7. The van der Waals surface area contributed by atoms with Gasteiger partial charge >= 0.3 is 0 Å². The van der Waals surface area contributed by atoms with Crippen molar-refractivity contribution in [3.8, 4) is 33.4 Å². The first kappa shape index (κ1) is 38.5. The minimum atomic E-state index is -0.542. The van der Waals surface area contributed by atoms with Crippen molar-refractivity contribution in [3.05, 3.63) is 233 Å². The number of aryl methyl sites for hydroxylation is 2. The van der Waals surface area contributed by atoms with Crippen molar-refractivity contribution in [2.24, 2.45) is 0 Å². The first-order valence-electron chi connectivity index (χ1n) is 22.9. The van der Waals surface area contributed by atoms with Gasteiger partial charge in [-0.1, -0.05) is 179 Å². The number of hydrogen-bond donors (Lipinski definition) is 0. The third-order valence-corrected chi connectivity index (χ3v) is 14.8. The van der Waals surface area contributed by atoms with E-state index in [1.165, 1.54) is 109 Å². The molecule has 0 aromatic heterocycles. The van der Waals surface area contributed by atoms with Crippen molar-refractivity contribution < 1.29 is 0 Å². The predicted octanol–water partition coefficient (Wildman–Crippen LogP) is 16.1. The number of fused-ring (bicyclic) bond motifs is 5. The van der Waals surface area contributed by atoms with Gasteiger partial charge < -0.3 is 4.90 Å². The summed E-state index contributed by atoms with van der Waals surface area (Å²) in [6.07, 6.45) is 7.01. The molecule has 3 aliphatic carbocycles. The minimum Gasteiger partial charge on any atom is -0.309 e. The largest absolute Gasteiger partial charge is 0.309 e. The Hall–Kier alpha value is -6.44. The normalized spacial score (nSPS) is 16.4. The summed E-state index contributed by atoms with van der Waals surface area (Å²) in [5.74, 6) is 0. The van der Waals surface area contributed by atoms with Crippen LogP contribution in [0.25, 0.3) is 33.4 Å². The van der Waals surface area contributed by atoms with E-state index in [1.54, 1.807) is 0 Å². The van der Waals surface area contributed by atoms with Crippen molar-refractivity contribution >= 4 is 17.1 Å². The van der Waals surface area contributed by atoms with Crippen LogP contribution in [0, 0.1) is 0 Å². The maximum Gasteiger partial charge on any atom is 0.0714 e. The average Bonchev–Trinajstić information content (AvgIpc) is 3.61. The molecule has 0 aliphatic heterocycles. The van der Waals surface area contributed by atoms with Crippen LogP contribution in [0.2, 0.25) is 0 Å². The molecule has 11 rings (SSSR count). The lowest BCUT2D eigenvalue weighted by Gasteiger charge is -2.43. The fourth-order valence-corrected chi connectivity index (χ4v) is 11.6. The van der Waals surface area contributed by atoms with Crippen molar-refractivity contribution in [3.63, 3.8) is 0 Å². The Kier molecular flexibility index (Phi) is 9.24. The lowest BCUT2D eigenvalue weighted by molar-refractivity contribution is 0.333. The van der Waals surface area contributed by atoms with Crippen molar-refractivity contribution in [1.29, 1.82) is 0 Å². The topological polar surface area (TPSA) is 3.24 Å². The molecule has 0 radical (unpaired) electrons. The van der Waals surface area contributed by atoms with Crippen molar-refractivity contribution in [2.45, 2.75) is 82.5 Å². The van der Waals surface area contributed by atoms with Gasteiger partial charge in [-0.25, -0.2) is 0 Å². The highest BCUT2D eigenvalue weighted by molar-refractivity contribution is 5.99. The number of para-hydroxylation sites is 1. The zero-order valence-electron chi connectivity index (χ0n) is 36.6. The first-order valence-corrected chi connectivity index (χ1v) is 22.9. The van der Waals surface area contributed by atoms with Gasteiger partial charge in [-0.15, -0.1) is 0 Å². The Morgan fingerprint density at radius 1 is 0.387 bits per heavy atom. The van der Waals surface area contributed by atoms with Gasteiger partial charge in [-0.05, 0) is 153 Å². The molecule has 1 heteroatoms. The van der Waals surface area contributed by atoms with Gasteiger partial charge in [-0.2, -0.15) is 0 Å². The summed E-state index contributed by atoms with van der Waals surface area (Å²) in [6.45, 7) is 9.87. The highest BCUT2D eigenvalue weighted by Gasteiger charge is 2.47. The smallest absolute Gasteiger partial charge is 0.0714 e. The Bertz CT molecular complexity index is 2900. The van der Waals surface area contributed by atoms with Crippen LogP contribution in [0.5, 0.6) is 0 Å². The fourth-order valence-electron chi connectivity index (χ4n) is 11.6. The van der Waals surface area contributed by atoms with Crippen LogP contribution in [-0.2, 0) is 29.1 Å². The van der Waals surface area contributed by atoms with Crippen LogP contribution in [0.1, 0.15) is 97.9 Å². The number of benzene rings is 8. The second-order valence-corrected chi connectivity index (χ2v) is 19.3. The molecule has 8 aromatic carbocycles. The van der Waals surface area contributed by atoms with E-state index >= 15 is 0 Å². The Morgan fingerprint density at radius 3 is 1.60 bits per heavy atom. The molecule has 0 unspecified atom stereocenters. The molecule has 0 amide bonds. The van der Waals surface area contributed by atoms with Gasteiger partial charge in [0.1, 0.15) is 0 Å². The molecule has 0 saturated heterocycles. The monoisotopic (exact) mass is 801 g/mol. The number of nitrogens with zero attached hydrogens (tertiary/aromatic N) is 1. The summed E-state index contributed by atoms with van der Waals surface area (Å²) in [7, 11) is 0. The zero-order valence-corrected chi connectivity index (χ0v) is 36.6. The van der Waals surface area contributed by atoms with Gasteiger partial charge in [0.15, 0.2) is 0 Å². The van der Waals surface area contributed by atoms with Gasteiger partial charge in [0.25, 0.3) is 0 Å². The van der Waals surface area contributed by atoms with Gasteiger partial charge in [0, 0.05) is 16.8 Å². The van der Waals surface area contributed by atoms with E-state index < -0.39 is 5.41 Å². The summed E-state index contributed by atoms with van der Waals surface area (Å²) >= 11 is 0. The Labute approximate surface area is 368 Å². The summed E-state index contributed by atoms with van der Waals surface area (Å²) in [4.78, 5) is 2.64. The molecule has 1 nitrogen and oxygen atoms in total. The van der Waals surface area contributed by atoms with E-state index in [4.69, 9.17) is 0 Å². The van der Waals surface area contributed by atoms with E-state index in [9.17, 15) is 0 Å². The third kappa shape index (κ3) is 6.04. The van der Waals surface area contributed by atoms with Crippen LogP contribution in [0.4, 0.5) is 17.1 Å². The SMILES string of the molecule is CC1(C)CCC(C)(C)c2c(-c3cc4c(cc3N(c3ccccc3)c3cc5c(cc3-c3ccccc3)CCCC5)C(c3ccccc3)(c3ccccc3)c3ccccc3-4)cccc21. The third-order valence-electron chi connectivity index (χ3n) is 14.8. The van der Waals surface area contributed by atoms with E-state index in [-0.39, 0.29) is 10.8 Å². The van der Waals surface area contributed by atoms with E-state index in [2.05, 4.69) is 221 Å². The molecule has 62 heavy (non-hydrogen) atoms. The van der Waals surface area contributed by atoms with E-state index in [0.29, 0.717) is 0 Å². The molecular formula is C61H55N. The molecule has 304 valence electrons. The lowest BCUT2D eigenvalue weighted by atomic mass is 9.61. The molecule has 0 saturated carbocycles. The van der Waals surface area contributed by atoms with Gasteiger partial charge in [0.2, 0.25) is 0 Å². The molecular weight excluding hydrogens is 747 g/mol. The number of hydrogen-bond acceptors (Lipinski definition) is 1. The standard InChI is InChI=1S/C61H55N/c1-59(2)36-37-60(3,4)58-49(33-21-35-54(58)59)52-40-51-48-32-19-20-34-53(48)61(45-26-11-6-12-27-45,46-28-13-7-14-29-46)55(51)41-57(52)62(47-30-15-8-16-31-47)56-39-44-25-18-17-24-43(44)38-50(56)42-22-9-5-10-23-42/h5-16,19-23,26-35,38-41H,17-18,24-25,36-37H2,1-4H3. The van der Waals surface area contributed by atoms with E-state index in [0.717, 1.165) is 24.9 Å². The van der Waals surface area contributed by atoms with Gasteiger partial charge in [0.05, 0.1) is 16.8 Å². The summed E-state index contributed by atoms with van der Waals surface area (Å²) < 4.78 is 0. The highest BCUT2D eigenvalue weighted by atomic mass is 15.1. The Balaban J connectivity index is 1.32. The van der Waals surface area contributed by atoms with Crippen LogP contribution < -0.4 is 4.90 Å². The lowest BCUT2D eigenvalue weighted by Crippen LogP contribution is -2.34. The maximum atomic E-state index is 2.64. The van der Waals surface area contributed by atoms with Crippen LogP contribution in [-0.4, -0.2) is 0 Å².